The molecule has 25 heavy (non-hydrogen) atoms. The maximum absolute atomic E-state index is 10.9. The highest BCUT2D eigenvalue weighted by atomic mass is 32.1. The highest BCUT2D eigenvalue weighted by molar-refractivity contribution is 7.13. The van der Waals surface area contributed by atoms with Crippen LogP contribution in [0.25, 0.3) is 10.6 Å². The van der Waals surface area contributed by atoms with Crippen LogP contribution >= 0.6 is 11.3 Å². The standard InChI is InChI=1S/C18H24N2O4S/c1-4-20(5-2)9-10-24-17-14(7-6-8-15(17)23-3)18-19-13(12-25-18)11-16(21)22/h6-8,12H,4-5,9-11H2,1-3H3,(H,21,22). The molecule has 1 N–H and O–H groups in total. The summed E-state index contributed by atoms with van der Waals surface area (Å²) in [4.78, 5) is 17.6. The van der Waals surface area contributed by atoms with Crippen molar-refractivity contribution in [2.24, 2.45) is 0 Å². The molecule has 0 amide bonds. The van der Waals surface area contributed by atoms with E-state index in [-0.39, 0.29) is 6.42 Å². The first kappa shape index (κ1) is 19.2. The minimum Gasteiger partial charge on any atom is -0.493 e. The number of carbonyl (C=O) groups is 1. The molecule has 0 saturated heterocycles. The highest BCUT2D eigenvalue weighted by Gasteiger charge is 2.16. The fraction of sp³-hybridized carbons (Fsp3) is 0.444. The molecule has 0 saturated carbocycles. The Morgan fingerprint density at radius 1 is 1.32 bits per heavy atom. The highest BCUT2D eigenvalue weighted by Crippen LogP contribution is 2.39. The Balaban J connectivity index is 2.22. The van der Waals surface area contributed by atoms with E-state index in [0.29, 0.717) is 23.8 Å². The van der Waals surface area contributed by atoms with Crippen molar-refractivity contribution >= 4 is 17.3 Å². The van der Waals surface area contributed by atoms with Crippen molar-refractivity contribution in [3.05, 3.63) is 29.3 Å². The molecule has 0 fully saturated rings. The minimum absolute atomic E-state index is 0.0847. The van der Waals surface area contributed by atoms with Gasteiger partial charge in [0.15, 0.2) is 11.5 Å². The van der Waals surface area contributed by atoms with E-state index in [1.807, 2.05) is 18.2 Å². The van der Waals surface area contributed by atoms with E-state index in [1.54, 1.807) is 12.5 Å². The molecule has 0 unspecified atom stereocenters. The number of rotatable bonds is 10. The molecule has 0 bridgehead atoms. The maximum atomic E-state index is 10.9. The van der Waals surface area contributed by atoms with Crippen LogP contribution in [-0.4, -0.2) is 54.3 Å². The number of hydrogen-bond donors (Lipinski definition) is 1. The van der Waals surface area contributed by atoms with Crippen molar-refractivity contribution in [2.45, 2.75) is 20.3 Å². The van der Waals surface area contributed by atoms with Crippen molar-refractivity contribution in [1.82, 2.24) is 9.88 Å². The van der Waals surface area contributed by atoms with Crippen LogP contribution in [0.1, 0.15) is 19.5 Å². The van der Waals surface area contributed by atoms with Gasteiger partial charge < -0.3 is 19.5 Å². The van der Waals surface area contributed by atoms with Crippen LogP contribution < -0.4 is 9.47 Å². The Bertz CT molecular complexity index is 698. The molecule has 1 aromatic carbocycles. The number of benzene rings is 1. The Labute approximate surface area is 152 Å². The average Bonchev–Trinajstić information content (AvgIpc) is 3.06. The summed E-state index contributed by atoms with van der Waals surface area (Å²) >= 11 is 1.41. The third-order valence-corrected chi connectivity index (χ3v) is 4.79. The zero-order valence-corrected chi connectivity index (χ0v) is 15.6. The number of ether oxygens (including phenoxy) is 2. The smallest absolute Gasteiger partial charge is 0.309 e. The van der Waals surface area contributed by atoms with Gasteiger partial charge in [0, 0.05) is 11.9 Å². The quantitative estimate of drug-likeness (QED) is 0.698. The lowest BCUT2D eigenvalue weighted by Gasteiger charge is -2.19. The van der Waals surface area contributed by atoms with Crippen molar-refractivity contribution in [3.8, 4) is 22.1 Å². The summed E-state index contributed by atoms with van der Waals surface area (Å²) in [5.74, 6) is 0.401. The number of nitrogens with zero attached hydrogens (tertiary/aromatic N) is 2. The number of thiazole rings is 1. The number of carboxylic acids is 1. The van der Waals surface area contributed by atoms with Crippen molar-refractivity contribution in [2.75, 3.05) is 33.4 Å². The molecular weight excluding hydrogens is 340 g/mol. The molecule has 0 radical (unpaired) electrons. The first-order valence-electron chi connectivity index (χ1n) is 8.27. The Hall–Kier alpha value is -2.12. The zero-order chi connectivity index (χ0) is 18.2. The molecule has 0 aliphatic carbocycles. The van der Waals surface area contributed by atoms with E-state index in [2.05, 4.69) is 23.7 Å². The lowest BCUT2D eigenvalue weighted by Crippen LogP contribution is -2.28. The second-order valence-electron chi connectivity index (χ2n) is 5.43. The summed E-state index contributed by atoms with van der Waals surface area (Å²) in [6.45, 7) is 7.57. The predicted octanol–water partition coefficient (Wildman–Crippen LogP) is 3.17. The van der Waals surface area contributed by atoms with Crippen LogP contribution in [0.15, 0.2) is 23.6 Å². The van der Waals surface area contributed by atoms with E-state index in [4.69, 9.17) is 14.6 Å². The molecule has 6 nitrogen and oxygen atoms in total. The first-order valence-corrected chi connectivity index (χ1v) is 9.15. The van der Waals surface area contributed by atoms with Crippen LogP contribution in [0, 0.1) is 0 Å². The van der Waals surface area contributed by atoms with Gasteiger partial charge in [0.2, 0.25) is 0 Å². The van der Waals surface area contributed by atoms with Gasteiger partial charge in [0.05, 0.1) is 24.8 Å². The topological polar surface area (TPSA) is 71.9 Å². The number of methoxy groups -OCH3 is 1. The van der Waals surface area contributed by atoms with E-state index < -0.39 is 5.97 Å². The largest absolute Gasteiger partial charge is 0.493 e. The van der Waals surface area contributed by atoms with Gasteiger partial charge in [-0.1, -0.05) is 19.9 Å². The number of hydrogen-bond acceptors (Lipinski definition) is 6. The number of aromatic nitrogens is 1. The lowest BCUT2D eigenvalue weighted by atomic mass is 10.2. The van der Waals surface area contributed by atoms with Crippen molar-refractivity contribution in [1.29, 1.82) is 0 Å². The van der Waals surface area contributed by atoms with Crippen LogP contribution in [0.2, 0.25) is 0 Å². The molecule has 0 aliphatic rings. The predicted molar refractivity (Wildman–Crippen MR) is 98.7 cm³/mol. The second-order valence-corrected chi connectivity index (χ2v) is 6.28. The molecule has 136 valence electrons. The fourth-order valence-corrected chi connectivity index (χ4v) is 3.32. The van der Waals surface area contributed by atoms with Gasteiger partial charge in [-0.3, -0.25) is 4.79 Å². The number of para-hydroxylation sites is 1. The molecule has 0 atom stereocenters. The monoisotopic (exact) mass is 364 g/mol. The van der Waals surface area contributed by atoms with Crippen LogP contribution in [0.5, 0.6) is 11.5 Å². The van der Waals surface area contributed by atoms with Gasteiger partial charge in [-0.05, 0) is 25.2 Å². The third kappa shape index (κ3) is 5.17. The Morgan fingerprint density at radius 3 is 2.72 bits per heavy atom. The summed E-state index contributed by atoms with van der Waals surface area (Å²) in [7, 11) is 1.61. The van der Waals surface area contributed by atoms with Gasteiger partial charge in [-0.25, -0.2) is 4.98 Å². The molecule has 1 aromatic heterocycles. The number of likely N-dealkylation sites (N-methyl/N-ethyl adjacent to an activating group) is 1. The summed E-state index contributed by atoms with van der Waals surface area (Å²) in [6, 6.07) is 5.64. The summed E-state index contributed by atoms with van der Waals surface area (Å²) in [5, 5.41) is 11.4. The van der Waals surface area contributed by atoms with E-state index in [0.717, 1.165) is 30.2 Å². The molecule has 0 aliphatic heterocycles. The van der Waals surface area contributed by atoms with Gasteiger partial charge in [-0.15, -0.1) is 11.3 Å². The molecule has 2 aromatic rings. The maximum Gasteiger partial charge on any atom is 0.309 e. The van der Waals surface area contributed by atoms with Crippen LogP contribution in [0.4, 0.5) is 0 Å². The van der Waals surface area contributed by atoms with Gasteiger partial charge in [-0.2, -0.15) is 0 Å². The van der Waals surface area contributed by atoms with Crippen LogP contribution in [-0.2, 0) is 11.2 Å². The van der Waals surface area contributed by atoms with E-state index >= 15 is 0 Å². The minimum atomic E-state index is -0.891. The van der Waals surface area contributed by atoms with Crippen molar-refractivity contribution < 1.29 is 19.4 Å². The number of carboxylic acid groups (broad SMARTS) is 1. The summed E-state index contributed by atoms with van der Waals surface area (Å²) < 4.78 is 11.5. The molecule has 1 heterocycles. The van der Waals surface area contributed by atoms with E-state index in [9.17, 15) is 4.79 Å². The average molecular weight is 364 g/mol. The summed E-state index contributed by atoms with van der Waals surface area (Å²) in [5.41, 5.74) is 1.37. The van der Waals surface area contributed by atoms with Gasteiger partial charge in [0.25, 0.3) is 0 Å². The number of aliphatic carboxylic acids is 1. The lowest BCUT2D eigenvalue weighted by molar-refractivity contribution is -0.136. The Morgan fingerprint density at radius 2 is 2.08 bits per heavy atom. The van der Waals surface area contributed by atoms with Crippen LogP contribution in [0.3, 0.4) is 0 Å². The molecular formula is C18H24N2O4S. The third-order valence-electron chi connectivity index (χ3n) is 3.86. The first-order chi connectivity index (χ1) is 12.1. The Kier molecular flexibility index (Phi) is 7.21. The van der Waals surface area contributed by atoms with E-state index in [1.165, 1.54) is 11.3 Å². The molecule has 7 heteroatoms. The van der Waals surface area contributed by atoms with Gasteiger partial charge in [0.1, 0.15) is 11.6 Å². The molecule has 2 rings (SSSR count). The van der Waals surface area contributed by atoms with Gasteiger partial charge >= 0.3 is 5.97 Å². The zero-order valence-electron chi connectivity index (χ0n) is 14.8. The van der Waals surface area contributed by atoms with Crippen molar-refractivity contribution in [3.63, 3.8) is 0 Å². The SMILES string of the molecule is CCN(CC)CCOc1c(OC)cccc1-c1nc(CC(=O)O)cs1. The second kappa shape index (κ2) is 9.39. The summed E-state index contributed by atoms with van der Waals surface area (Å²) in [6.07, 6.45) is -0.0847. The normalized spacial score (nSPS) is 10.9. The fourth-order valence-electron chi connectivity index (χ4n) is 2.48. The molecule has 0 spiro atoms.